The fourth-order valence-corrected chi connectivity index (χ4v) is 2.14. The van der Waals surface area contributed by atoms with E-state index in [1.54, 1.807) is 18.2 Å². The summed E-state index contributed by atoms with van der Waals surface area (Å²) < 4.78 is 14.6. The highest BCUT2D eigenvalue weighted by Crippen LogP contribution is 2.29. The fraction of sp³-hybridized carbons (Fsp3) is 0.0833. The normalized spacial score (nSPS) is 12.4. The third-order valence-electron chi connectivity index (χ3n) is 2.64. The Kier molecular flexibility index (Phi) is 3.90. The second kappa shape index (κ2) is 5.43. The molecular formula is C12H12BrFN4. The molecule has 0 fully saturated rings. The lowest BCUT2D eigenvalue weighted by atomic mass is 9.98. The van der Waals surface area contributed by atoms with Gasteiger partial charge in [0.25, 0.3) is 0 Å². The Morgan fingerprint density at radius 1 is 1.28 bits per heavy atom. The number of nitrogen functional groups attached to an aromatic ring is 1. The first kappa shape index (κ1) is 12.9. The number of hydrogen-bond acceptors (Lipinski definition) is 4. The number of hydrazine groups is 1. The van der Waals surface area contributed by atoms with Gasteiger partial charge >= 0.3 is 0 Å². The van der Waals surface area contributed by atoms with Crippen LogP contribution < -0.4 is 17.0 Å². The van der Waals surface area contributed by atoms with Crippen LogP contribution in [0.25, 0.3) is 0 Å². The molecule has 94 valence electrons. The van der Waals surface area contributed by atoms with Gasteiger partial charge in [0.05, 0.1) is 12.2 Å². The average molecular weight is 311 g/mol. The SMILES string of the molecule is NNC(c1cc(Br)ccc1N)c1ccncc1F. The van der Waals surface area contributed by atoms with Gasteiger partial charge in [-0.15, -0.1) is 0 Å². The average Bonchev–Trinajstić information content (AvgIpc) is 2.36. The molecule has 1 unspecified atom stereocenters. The summed E-state index contributed by atoms with van der Waals surface area (Å²) in [5.74, 6) is 5.09. The smallest absolute Gasteiger partial charge is 0.146 e. The molecule has 0 aliphatic heterocycles. The molecule has 0 aliphatic rings. The molecule has 1 atom stereocenters. The number of aromatic nitrogens is 1. The van der Waals surface area contributed by atoms with Crippen LogP contribution in [0.2, 0.25) is 0 Å². The lowest BCUT2D eigenvalue weighted by Gasteiger charge is -2.19. The van der Waals surface area contributed by atoms with Gasteiger partial charge in [-0.25, -0.2) is 9.82 Å². The monoisotopic (exact) mass is 310 g/mol. The van der Waals surface area contributed by atoms with Crippen molar-refractivity contribution < 1.29 is 4.39 Å². The van der Waals surface area contributed by atoms with Gasteiger partial charge in [-0.2, -0.15) is 0 Å². The first-order chi connectivity index (χ1) is 8.63. The summed E-state index contributed by atoms with van der Waals surface area (Å²) in [6.07, 6.45) is 2.66. The number of nitrogens with one attached hydrogen (secondary N) is 1. The van der Waals surface area contributed by atoms with E-state index in [4.69, 9.17) is 11.6 Å². The first-order valence-electron chi connectivity index (χ1n) is 5.24. The fourth-order valence-electron chi connectivity index (χ4n) is 1.76. The predicted octanol–water partition coefficient (Wildman–Crippen LogP) is 2.12. The number of rotatable bonds is 3. The van der Waals surface area contributed by atoms with Crippen LogP contribution in [-0.4, -0.2) is 4.98 Å². The van der Waals surface area contributed by atoms with Crippen LogP contribution >= 0.6 is 15.9 Å². The van der Waals surface area contributed by atoms with Crippen molar-refractivity contribution in [2.75, 3.05) is 5.73 Å². The predicted molar refractivity (Wildman–Crippen MR) is 71.9 cm³/mol. The van der Waals surface area contributed by atoms with Crippen LogP contribution in [0.4, 0.5) is 10.1 Å². The van der Waals surface area contributed by atoms with E-state index < -0.39 is 11.9 Å². The molecule has 2 aromatic rings. The Morgan fingerprint density at radius 3 is 2.72 bits per heavy atom. The number of pyridine rings is 1. The van der Waals surface area contributed by atoms with Gasteiger partial charge in [-0.05, 0) is 29.8 Å². The molecule has 0 saturated carbocycles. The molecule has 1 heterocycles. The van der Waals surface area contributed by atoms with Crippen molar-refractivity contribution in [3.63, 3.8) is 0 Å². The summed E-state index contributed by atoms with van der Waals surface area (Å²) in [4.78, 5) is 3.71. The van der Waals surface area contributed by atoms with E-state index in [9.17, 15) is 4.39 Å². The highest BCUT2D eigenvalue weighted by Gasteiger charge is 2.18. The quantitative estimate of drug-likeness (QED) is 0.461. The maximum absolute atomic E-state index is 13.7. The third-order valence-corrected chi connectivity index (χ3v) is 3.13. The molecule has 4 nitrogen and oxygen atoms in total. The Balaban J connectivity index is 2.52. The lowest BCUT2D eigenvalue weighted by Crippen LogP contribution is -2.30. The summed E-state index contributed by atoms with van der Waals surface area (Å²) in [6, 6.07) is 6.41. The maximum atomic E-state index is 13.7. The topological polar surface area (TPSA) is 77.0 Å². The highest BCUT2D eigenvalue weighted by molar-refractivity contribution is 9.10. The molecule has 0 aliphatic carbocycles. The maximum Gasteiger partial charge on any atom is 0.146 e. The van der Waals surface area contributed by atoms with Crippen molar-refractivity contribution in [1.82, 2.24) is 10.4 Å². The van der Waals surface area contributed by atoms with Crippen molar-refractivity contribution in [3.05, 3.63) is 58.1 Å². The Labute approximate surface area is 112 Å². The van der Waals surface area contributed by atoms with Gasteiger partial charge in [0, 0.05) is 21.9 Å². The van der Waals surface area contributed by atoms with Crippen molar-refractivity contribution in [2.24, 2.45) is 5.84 Å². The van der Waals surface area contributed by atoms with Crippen LogP contribution in [0.5, 0.6) is 0 Å². The van der Waals surface area contributed by atoms with E-state index in [-0.39, 0.29) is 0 Å². The van der Waals surface area contributed by atoms with E-state index in [0.717, 1.165) is 10.7 Å². The Hall–Kier alpha value is -1.50. The number of benzene rings is 1. The Morgan fingerprint density at radius 2 is 2.06 bits per heavy atom. The standard InChI is InChI=1S/C12H12BrFN4/c13-7-1-2-11(15)9(5-7)12(18-16)8-3-4-17-6-10(8)14/h1-6,12,18H,15-16H2. The number of halogens is 2. The van der Waals surface area contributed by atoms with E-state index >= 15 is 0 Å². The molecule has 0 bridgehead atoms. The van der Waals surface area contributed by atoms with Crippen molar-refractivity contribution in [1.29, 1.82) is 0 Å². The minimum atomic E-state index is -0.523. The number of nitrogens with zero attached hydrogens (tertiary/aromatic N) is 1. The van der Waals surface area contributed by atoms with E-state index in [0.29, 0.717) is 16.8 Å². The number of nitrogens with two attached hydrogens (primary N) is 2. The zero-order valence-electron chi connectivity index (χ0n) is 9.40. The van der Waals surface area contributed by atoms with Crippen LogP contribution in [0.15, 0.2) is 41.1 Å². The molecule has 1 aromatic heterocycles. The van der Waals surface area contributed by atoms with E-state index in [2.05, 4.69) is 26.3 Å². The highest BCUT2D eigenvalue weighted by atomic mass is 79.9. The minimum absolute atomic E-state index is 0.400. The molecule has 0 saturated heterocycles. The van der Waals surface area contributed by atoms with Crippen molar-refractivity contribution in [3.8, 4) is 0 Å². The van der Waals surface area contributed by atoms with Crippen LogP contribution in [0.1, 0.15) is 17.2 Å². The summed E-state index contributed by atoms with van der Waals surface area (Å²) in [5.41, 5.74) is 10.1. The summed E-state index contributed by atoms with van der Waals surface area (Å²) in [5, 5.41) is 0. The second-order valence-corrected chi connectivity index (χ2v) is 4.69. The van der Waals surface area contributed by atoms with Gasteiger partial charge in [-0.1, -0.05) is 15.9 Å². The molecule has 0 amide bonds. The molecule has 0 radical (unpaired) electrons. The zero-order valence-corrected chi connectivity index (χ0v) is 11.0. The van der Waals surface area contributed by atoms with Crippen LogP contribution in [0, 0.1) is 5.82 Å². The lowest BCUT2D eigenvalue weighted by molar-refractivity contribution is 0.556. The molecule has 2 rings (SSSR count). The minimum Gasteiger partial charge on any atom is -0.398 e. The van der Waals surface area contributed by atoms with E-state index in [1.165, 1.54) is 6.20 Å². The first-order valence-corrected chi connectivity index (χ1v) is 6.03. The largest absolute Gasteiger partial charge is 0.398 e. The Bertz CT molecular complexity index is 562. The van der Waals surface area contributed by atoms with Crippen molar-refractivity contribution in [2.45, 2.75) is 6.04 Å². The van der Waals surface area contributed by atoms with Gasteiger partial charge in [0.1, 0.15) is 5.82 Å². The molecule has 6 heteroatoms. The molecular weight excluding hydrogens is 299 g/mol. The summed E-state index contributed by atoms with van der Waals surface area (Å²) in [7, 11) is 0. The second-order valence-electron chi connectivity index (χ2n) is 3.77. The van der Waals surface area contributed by atoms with Crippen molar-refractivity contribution >= 4 is 21.6 Å². The zero-order chi connectivity index (χ0) is 13.1. The van der Waals surface area contributed by atoms with Gasteiger partial charge in [-0.3, -0.25) is 10.8 Å². The third kappa shape index (κ3) is 2.50. The summed E-state index contributed by atoms with van der Waals surface area (Å²) >= 11 is 3.35. The number of anilines is 1. The van der Waals surface area contributed by atoms with E-state index in [1.807, 2.05) is 6.07 Å². The van der Waals surface area contributed by atoms with Crippen LogP contribution in [-0.2, 0) is 0 Å². The van der Waals surface area contributed by atoms with Gasteiger partial charge < -0.3 is 5.73 Å². The molecule has 18 heavy (non-hydrogen) atoms. The summed E-state index contributed by atoms with van der Waals surface area (Å²) in [6.45, 7) is 0. The van der Waals surface area contributed by atoms with Gasteiger partial charge in [0.15, 0.2) is 0 Å². The molecule has 5 N–H and O–H groups in total. The van der Waals surface area contributed by atoms with Crippen LogP contribution in [0.3, 0.4) is 0 Å². The van der Waals surface area contributed by atoms with Gasteiger partial charge in [0.2, 0.25) is 0 Å². The molecule has 0 spiro atoms. The molecule has 1 aromatic carbocycles. The number of hydrogen-bond donors (Lipinski definition) is 3.